The number of rotatable bonds is 3. The Hall–Kier alpha value is -1.61. The van der Waals surface area contributed by atoms with E-state index in [1.165, 1.54) is 5.56 Å². The van der Waals surface area contributed by atoms with Crippen LogP contribution in [0.3, 0.4) is 0 Å². The van der Waals surface area contributed by atoms with E-state index in [2.05, 4.69) is 40.0 Å². The van der Waals surface area contributed by atoms with Crippen LogP contribution in [0.1, 0.15) is 12.8 Å². The third-order valence-electron chi connectivity index (χ3n) is 2.91. The molecule has 1 aromatic heterocycles. The normalized spacial score (nSPS) is 15.3. The second-order valence-corrected chi connectivity index (χ2v) is 5.05. The molecule has 1 N–H and O–H groups in total. The van der Waals surface area contributed by atoms with Crippen molar-refractivity contribution in [1.29, 1.82) is 0 Å². The SMILES string of the molecule is C1=CCC(Nc2nc(-c3ccccc3)cs2)C1. The van der Waals surface area contributed by atoms with Crippen LogP contribution in [0.2, 0.25) is 0 Å². The standard InChI is InChI=1S/C14H14N2S/c1-2-6-11(7-3-1)13-10-17-14(16-13)15-12-8-4-5-9-12/h1-7,10,12H,8-9H2,(H,15,16). The number of benzene rings is 1. The first-order chi connectivity index (χ1) is 8.42. The summed E-state index contributed by atoms with van der Waals surface area (Å²) in [6, 6.07) is 10.8. The quantitative estimate of drug-likeness (QED) is 0.825. The maximum atomic E-state index is 4.62. The van der Waals surface area contributed by atoms with Crippen molar-refractivity contribution in [1.82, 2.24) is 4.98 Å². The van der Waals surface area contributed by atoms with Gasteiger partial charge in [-0.3, -0.25) is 0 Å². The summed E-state index contributed by atoms with van der Waals surface area (Å²) in [5.74, 6) is 0. The van der Waals surface area contributed by atoms with Crippen LogP contribution in [0.4, 0.5) is 5.13 Å². The molecule has 0 amide bonds. The zero-order valence-electron chi connectivity index (χ0n) is 9.47. The van der Waals surface area contributed by atoms with Crippen molar-refractivity contribution in [3.8, 4) is 11.3 Å². The fraction of sp³-hybridized carbons (Fsp3) is 0.214. The van der Waals surface area contributed by atoms with Crippen LogP contribution in [-0.2, 0) is 0 Å². The Balaban J connectivity index is 1.74. The van der Waals surface area contributed by atoms with E-state index in [1.54, 1.807) is 11.3 Å². The highest BCUT2D eigenvalue weighted by molar-refractivity contribution is 7.14. The van der Waals surface area contributed by atoms with Gasteiger partial charge in [-0.15, -0.1) is 11.3 Å². The van der Waals surface area contributed by atoms with E-state index in [4.69, 9.17) is 0 Å². The van der Waals surface area contributed by atoms with Gasteiger partial charge in [0, 0.05) is 17.0 Å². The topological polar surface area (TPSA) is 24.9 Å². The van der Waals surface area contributed by atoms with E-state index in [0.29, 0.717) is 6.04 Å². The molecule has 0 radical (unpaired) electrons. The number of nitrogens with zero attached hydrogens (tertiary/aromatic N) is 1. The van der Waals surface area contributed by atoms with E-state index in [9.17, 15) is 0 Å². The van der Waals surface area contributed by atoms with Gasteiger partial charge in [0.1, 0.15) is 0 Å². The molecule has 0 saturated heterocycles. The van der Waals surface area contributed by atoms with E-state index in [-0.39, 0.29) is 0 Å². The minimum atomic E-state index is 0.532. The van der Waals surface area contributed by atoms with Crippen molar-refractivity contribution in [2.24, 2.45) is 0 Å². The fourth-order valence-corrected chi connectivity index (χ4v) is 2.79. The lowest BCUT2D eigenvalue weighted by molar-refractivity contribution is 0.785. The van der Waals surface area contributed by atoms with Gasteiger partial charge in [0.15, 0.2) is 5.13 Å². The molecule has 0 spiro atoms. The van der Waals surface area contributed by atoms with Gasteiger partial charge in [-0.25, -0.2) is 4.98 Å². The summed E-state index contributed by atoms with van der Waals surface area (Å²) in [6.07, 6.45) is 6.67. The van der Waals surface area contributed by atoms with Crippen LogP contribution in [0.25, 0.3) is 11.3 Å². The Morgan fingerprint density at radius 3 is 2.65 bits per heavy atom. The molecule has 1 aromatic carbocycles. The molecule has 1 aliphatic carbocycles. The van der Waals surface area contributed by atoms with Crippen LogP contribution < -0.4 is 5.32 Å². The number of nitrogens with one attached hydrogen (secondary N) is 1. The number of hydrogen-bond acceptors (Lipinski definition) is 3. The minimum Gasteiger partial charge on any atom is -0.358 e. The van der Waals surface area contributed by atoms with Gasteiger partial charge >= 0.3 is 0 Å². The van der Waals surface area contributed by atoms with Crippen molar-refractivity contribution in [2.45, 2.75) is 18.9 Å². The molecular weight excluding hydrogens is 228 g/mol. The molecule has 2 nitrogen and oxygen atoms in total. The summed E-state index contributed by atoms with van der Waals surface area (Å²) in [5, 5.41) is 6.61. The van der Waals surface area contributed by atoms with Crippen molar-refractivity contribution < 1.29 is 0 Å². The molecule has 0 aliphatic heterocycles. The molecule has 17 heavy (non-hydrogen) atoms. The maximum Gasteiger partial charge on any atom is 0.183 e. The molecule has 86 valence electrons. The summed E-state index contributed by atoms with van der Waals surface area (Å²) < 4.78 is 0. The summed E-state index contributed by atoms with van der Waals surface area (Å²) >= 11 is 1.68. The minimum absolute atomic E-state index is 0.532. The monoisotopic (exact) mass is 242 g/mol. The van der Waals surface area contributed by atoms with Gasteiger partial charge in [-0.1, -0.05) is 42.5 Å². The third-order valence-corrected chi connectivity index (χ3v) is 3.68. The largest absolute Gasteiger partial charge is 0.358 e. The molecule has 0 atom stereocenters. The van der Waals surface area contributed by atoms with E-state index in [0.717, 1.165) is 23.7 Å². The average molecular weight is 242 g/mol. The lowest BCUT2D eigenvalue weighted by atomic mass is 10.2. The molecule has 3 rings (SSSR count). The zero-order valence-corrected chi connectivity index (χ0v) is 10.3. The van der Waals surface area contributed by atoms with Gasteiger partial charge in [-0.2, -0.15) is 0 Å². The Morgan fingerprint density at radius 1 is 1.12 bits per heavy atom. The molecule has 0 saturated carbocycles. The zero-order chi connectivity index (χ0) is 11.5. The fourth-order valence-electron chi connectivity index (χ4n) is 1.99. The highest BCUT2D eigenvalue weighted by atomic mass is 32.1. The predicted molar refractivity (Wildman–Crippen MR) is 73.3 cm³/mol. The number of hydrogen-bond donors (Lipinski definition) is 1. The Morgan fingerprint density at radius 2 is 1.88 bits per heavy atom. The van der Waals surface area contributed by atoms with Crippen molar-refractivity contribution in [3.05, 3.63) is 47.9 Å². The van der Waals surface area contributed by atoms with Gasteiger partial charge in [-0.05, 0) is 12.8 Å². The molecule has 0 unspecified atom stereocenters. The Bertz CT molecular complexity index is 508. The number of aromatic nitrogens is 1. The Kier molecular flexibility index (Phi) is 2.92. The Labute approximate surface area is 105 Å². The first kappa shape index (κ1) is 10.5. The molecule has 3 heteroatoms. The average Bonchev–Trinajstić information content (AvgIpc) is 3.02. The summed E-state index contributed by atoms with van der Waals surface area (Å²) in [6.45, 7) is 0. The van der Waals surface area contributed by atoms with Gasteiger partial charge in [0.25, 0.3) is 0 Å². The van der Waals surface area contributed by atoms with E-state index in [1.807, 2.05) is 18.2 Å². The van der Waals surface area contributed by atoms with Crippen LogP contribution in [-0.4, -0.2) is 11.0 Å². The molecule has 2 aromatic rings. The van der Waals surface area contributed by atoms with Gasteiger partial charge in [0.05, 0.1) is 5.69 Å². The molecule has 0 bridgehead atoms. The second-order valence-electron chi connectivity index (χ2n) is 4.19. The molecule has 1 aliphatic rings. The molecular formula is C14H14N2S. The molecule has 0 fully saturated rings. The van der Waals surface area contributed by atoms with Gasteiger partial charge in [0.2, 0.25) is 0 Å². The lowest BCUT2D eigenvalue weighted by Gasteiger charge is -2.09. The molecule has 1 heterocycles. The summed E-state index contributed by atoms with van der Waals surface area (Å²) in [7, 11) is 0. The van der Waals surface area contributed by atoms with Crippen LogP contribution >= 0.6 is 11.3 Å². The first-order valence-corrected chi connectivity index (χ1v) is 6.72. The highest BCUT2D eigenvalue weighted by Gasteiger charge is 2.12. The smallest absolute Gasteiger partial charge is 0.183 e. The van der Waals surface area contributed by atoms with Crippen LogP contribution in [0.5, 0.6) is 0 Å². The third kappa shape index (κ3) is 2.39. The lowest BCUT2D eigenvalue weighted by Crippen LogP contribution is -2.14. The predicted octanol–water partition coefficient (Wildman–Crippen LogP) is 3.94. The van der Waals surface area contributed by atoms with Gasteiger partial charge < -0.3 is 5.32 Å². The van der Waals surface area contributed by atoms with E-state index < -0.39 is 0 Å². The van der Waals surface area contributed by atoms with Crippen molar-refractivity contribution >= 4 is 16.5 Å². The van der Waals surface area contributed by atoms with E-state index >= 15 is 0 Å². The van der Waals surface area contributed by atoms with Crippen LogP contribution in [0, 0.1) is 0 Å². The number of thiazole rings is 1. The van der Waals surface area contributed by atoms with Crippen LogP contribution in [0.15, 0.2) is 47.9 Å². The van der Waals surface area contributed by atoms with Crippen molar-refractivity contribution in [2.75, 3.05) is 5.32 Å². The second kappa shape index (κ2) is 4.72. The number of anilines is 1. The summed E-state index contributed by atoms with van der Waals surface area (Å²) in [5.41, 5.74) is 2.24. The van der Waals surface area contributed by atoms with Crippen molar-refractivity contribution in [3.63, 3.8) is 0 Å². The first-order valence-electron chi connectivity index (χ1n) is 5.84. The maximum absolute atomic E-state index is 4.62. The highest BCUT2D eigenvalue weighted by Crippen LogP contribution is 2.26. The summed E-state index contributed by atoms with van der Waals surface area (Å²) in [4.78, 5) is 4.62.